The minimum absolute atomic E-state index is 0.0437. The molecule has 0 spiro atoms. The summed E-state index contributed by atoms with van der Waals surface area (Å²) in [4.78, 5) is 14.8. The van der Waals surface area contributed by atoms with Crippen molar-refractivity contribution in [3.05, 3.63) is 57.6 Å². The van der Waals surface area contributed by atoms with Crippen LogP contribution >= 0.6 is 0 Å². The van der Waals surface area contributed by atoms with Gasteiger partial charge in [-0.05, 0) is 163 Å². The Kier molecular flexibility index (Phi) is 7.75. The van der Waals surface area contributed by atoms with Gasteiger partial charge in [0.1, 0.15) is 10.6 Å². The molecule has 0 aliphatic heterocycles. The van der Waals surface area contributed by atoms with Gasteiger partial charge in [-0.2, -0.15) is 8.42 Å². The highest BCUT2D eigenvalue weighted by Crippen LogP contribution is 2.59. The van der Waals surface area contributed by atoms with E-state index in [9.17, 15) is 17.8 Å². The van der Waals surface area contributed by atoms with E-state index < -0.39 is 10.1 Å². The predicted molar refractivity (Wildman–Crippen MR) is 180 cm³/mol. The Morgan fingerprint density at radius 3 is 1.46 bits per heavy atom. The maximum absolute atomic E-state index is 14.8. The Labute approximate surface area is 276 Å². The van der Waals surface area contributed by atoms with Gasteiger partial charge in [-0.15, -0.1) is 0 Å². The monoisotopic (exact) mass is 644 g/mol. The third kappa shape index (κ3) is 5.29. The van der Waals surface area contributed by atoms with Crippen molar-refractivity contribution in [2.75, 3.05) is 0 Å². The van der Waals surface area contributed by atoms with E-state index in [-0.39, 0.29) is 22.7 Å². The number of carbonyl (C=O) groups excluding carboxylic acids is 1. The van der Waals surface area contributed by atoms with E-state index >= 15 is 0 Å². The Balaban J connectivity index is 1.26. The Morgan fingerprint density at radius 1 is 0.674 bits per heavy atom. The number of ether oxygens (including phenoxy) is 1. The van der Waals surface area contributed by atoms with Crippen LogP contribution in [-0.4, -0.2) is 18.9 Å². The number of hydrogen-bond acceptors (Lipinski definition) is 4. The Morgan fingerprint density at radius 2 is 1.11 bits per heavy atom. The van der Waals surface area contributed by atoms with E-state index in [1.165, 1.54) is 93.7 Å². The molecule has 0 aromatic heterocycles. The highest BCUT2D eigenvalue weighted by atomic mass is 32.2. The average Bonchev–Trinajstić information content (AvgIpc) is 3.87. The van der Waals surface area contributed by atoms with Crippen LogP contribution in [0.1, 0.15) is 173 Å². The van der Waals surface area contributed by atoms with Gasteiger partial charge in [0.2, 0.25) is 0 Å². The van der Waals surface area contributed by atoms with Crippen molar-refractivity contribution in [2.45, 2.75) is 139 Å². The summed E-state index contributed by atoms with van der Waals surface area (Å²) >= 11 is 0. The van der Waals surface area contributed by atoms with Gasteiger partial charge in [-0.1, -0.05) is 59.1 Å². The van der Waals surface area contributed by atoms with Crippen molar-refractivity contribution in [2.24, 2.45) is 35.5 Å². The van der Waals surface area contributed by atoms with E-state index in [1.807, 2.05) is 27.7 Å². The molecule has 6 saturated carbocycles. The molecule has 5 nitrogen and oxygen atoms in total. The predicted octanol–water partition coefficient (Wildman–Crippen LogP) is 10.1. The van der Waals surface area contributed by atoms with Gasteiger partial charge < -0.3 is 4.74 Å². The van der Waals surface area contributed by atoms with Crippen LogP contribution in [0.15, 0.2) is 29.2 Å². The van der Waals surface area contributed by atoms with Crippen LogP contribution in [0.5, 0.6) is 5.75 Å². The molecular weight excluding hydrogens is 593 g/mol. The summed E-state index contributed by atoms with van der Waals surface area (Å²) in [5, 5.41) is 0. The first kappa shape index (κ1) is 31.1. The van der Waals surface area contributed by atoms with E-state index in [0.717, 1.165) is 29.2 Å². The van der Waals surface area contributed by atoms with Gasteiger partial charge >= 0.3 is 5.97 Å². The minimum Gasteiger partial charge on any atom is -0.423 e. The van der Waals surface area contributed by atoms with Gasteiger partial charge in [0.25, 0.3) is 10.1 Å². The van der Waals surface area contributed by atoms with Crippen LogP contribution in [0.3, 0.4) is 0 Å². The SMILES string of the molecule is CC(C)c1cc(OC(=O)c2c(C3CC4CCC3C4)cc(C3CC4CCC3C4)cc2C2CC3CCC2C3)cc(C(C)C)c1S(=O)(=O)O. The summed E-state index contributed by atoms with van der Waals surface area (Å²) in [7, 11) is -4.45. The fourth-order valence-electron chi connectivity index (χ4n) is 11.7. The molecule has 6 aliphatic rings. The maximum atomic E-state index is 14.8. The zero-order chi connectivity index (χ0) is 32.1. The first-order valence-electron chi connectivity index (χ1n) is 18.5. The van der Waals surface area contributed by atoms with Gasteiger partial charge in [-0.3, -0.25) is 4.55 Å². The quantitative estimate of drug-likeness (QED) is 0.176. The fourth-order valence-corrected chi connectivity index (χ4v) is 12.9. The van der Waals surface area contributed by atoms with Gasteiger partial charge in [0.05, 0.1) is 5.56 Å². The van der Waals surface area contributed by atoms with Crippen LogP contribution in [0, 0.1) is 35.5 Å². The fraction of sp³-hybridized carbons (Fsp3) is 0.675. The molecule has 8 rings (SSSR count). The standard InChI is InChI=1S/C40H52O5S/c1-21(2)31-19-30(20-32(22(3)4)39(31)46(42,43)44)45-40(41)38-36(34-15-24-6-9-27(34)12-24)17-29(33-14-23-5-8-26(33)11-23)18-37(38)35-16-25-7-10-28(35)13-25/h17-28,33-35H,5-16H2,1-4H3,(H,42,43,44). The van der Waals surface area contributed by atoms with Gasteiger partial charge in [-0.25, -0.2) is 4.79 Å². The largest absolute Gasteiger partial charge is 0.423 e. The summed E-state index contributed by atoms with van der Waals surface area (Å²) in [6.07, 6.45) is 15.5. The number of rotatable bonds is 8. The first-order chi connectivity index (χ1) is 21.9. The van der Waals surface area contributed by atoms with Gasteiger partial charge in [0, 0.05) is 0 Å². The van der Waals surface area contributed by atoms with Crippen molar-refractivity contribution in [3.8, 4) is 5.75 Å². The Hall–Kier alpha value is -2.18. The van der Waals surface area contributed by atoms with Crippen LogP contribution in [0.2, 0.25) is 0 Å². The Bertz CT molecular complexity index is 1580. The molecule has 6 aliphatic carbocycles. The summed E-state index contributed by atoms with van der Waals surface area (Å²) in [6.45, 7) is 7.65. The minimum atomic E-state index is -4.45. The third-order valence-electron chi connectivity index (χ3n) is 13.7. The summed E-state index contributed by atoms with van der Waals surface area (Å²) in [6, 6.07) is 8.31. The van der Waals surface area contributed by atoms with Crippen LogP contribution in [0.25, 0.3) is 0 Å². The molecule has 0 radical (unpaired) electrons. The van der Waals surface area contributed by atoms with Crippen molar-refractivity contribution in [1.29, 1.82) is 0 Å². The van der Waals surface area contributed by atoms with E-state index in [0.29, 0.717) is 46.5 Å². The first-order valence-corrected chi connectivity index (χ1v) is 19.9. The molecule has 46 heavy (non-hydrogen) atoms. The molecule has 9 atom stereocenters. The molecule has 0 heterocycles. The van der Waals surface area contributed by atoms with E-state index in [1.54, 1.807) is 12.1 Å². The number of benzene rings is 2. The van der Waals surface area contributed by atoms with Crippen LogP contribution in [0.4, 0.5) is 0 Å². The molecule has 2 aromatic carbocycles. The zero-order valence-electron chi connectivity index (χ0n) is 28.1. The van der Waals surface area contributed by atoms with Crippen molar-refractivity contribution >= 4 is 16.1 Å². The lowest BCUT2D eigenvalue weighted by Crippen LogP contribution is -2.23. The van der Waals surface area contributed by atoms with Crippen LogP contribution in [-0.2, 0) is 10.1 Å². The average molecular weight is 645 g/mol. The maximum Gasteiger partial charge on any atom is 0.344 e. The summed E-state index contributed by atoms with van der Waals surface area (Å²) in [5.74, 6) is 5.67. The molecule has 6 fully saturated rings. The number of hydrogen-bond donors (Lipinski definition) is 1. The second-order valence-corrected chi connectivity index (χ2v) is 18.4. The second kappa shape index (κ2) is 11.5. The molecule has 0 saturated heterocycles. The highest BCUT2D eigenvalue weighted by molar-refractivity contribution is 7.86. The number of esters is 1. The smallest absolute Gasteiger partial charge is 0.344 e. The third-order valence-corrected chi connectivity index (χ3v) is 14.7. The highest BCUT2D eigenvalue weighted by Gasteiger charge is 2.47. The molecule has 2 aromatic rings. The summed E-state index contributed by atoms with van der Waals surface area (Å²) in [5.41, 5.74) is 5.84. The summed E-state index contributed by atoms with van der Waals surface area (Å²) < 4.78 is 41.8. The number of fused-ring (bicyclic) bond motifs is 6. The van der Waals surface area contributed by atoms with E-state index in [4.69, 9.17) is 4.74 Å². The normalized spacial score (nSPS) is 34.5. The van der Waals surface area contributed by atoms with Crippen molar-refractivity contribution in [3.63, 3.8) is 0 Å². The molecule has 1 N–H and O–H groups in total. The lowest BCUT2D eigenvalue weighted by molar-refractivity contribution is 0.0729. The topological polar surface area (TPSA) is 80.7 Å². The van der Waals surface area contributed by atoms with E-state index in [2.05, 4.69) is 12.1 Å². The number of carbonyl (C=O) groups is 1. The van der Waals surface area contributed by atoms with Crippen LogP contribution < -0.4 is 4.74 Å². The molecule has 248 valence electrons. The molecule has 6 heteroatoms. The zero-order valence-corrected chi connectivity index (χ0v) is 29.0. The lowest BCUT2D eigenvalue weighted by atomic mass is 9.72. The molecule has 0 amide bonds. The van der Waals surface area contributed by atoms with Crippen molar-refractivity contribution in [1.82, 2.24) is 0 Å². The van der Waals surface area contributed by atoms with Gasteiger partial charge in [0.15, 0.2) is 0 Å². The second-order valence-electron chi connectivity index (χ2n) is 17.0. The molecular formula is C40H52O5S. The lowest BCUT2D eigenvalue weighted by Gasteiger charge is -2.32. The van der Waals surface area contributed by atoms with Crippen molar-refractivity contribution < 1.29 is 22.5 Å². The molecule has 9 unspecified atom stereocenters. The molecule has 6 bridgehead atoms.